The number of aliphatic hydroxyl groups is 1. The lowest BCUT2D eigenvalue weighted by atomic mass is 9.84. The van der Waals surface area contributed by atoms with Crippen LogP contribution in [0.15, 0.2) is 0 Å². The van der Waals surface area contributed by atoms with Crippen LogP contribution in [-0.2, 0) is 0 Å². The normalized spacial score (nSPS) is 34.2. The number of rotatable bonds is 0. The lowest BCUT2D eigenvalue weighted by Gasteiger charge is -2.37. The van der Waals surface area contributed by atoms with Crippen molar-refractivity contribution in [3.05, 3.63) is 0 Å². The summed E-state index contributed by atoms with van der Waals surface area (Å²) in [5.41, 5.74) is 0.222. The molecule has 0 unspecified atom stereocenters. The molecule has 0 saturated carbocycles. The quantitative estimate of drug-likeness (QED) is 0.516. The van der Waals surface area contributed by atoms with E-state index in [-0.39, 0.29) is 11.5 Å². The SMILES string of the molecule is CC1(C)C[C@H](O)CN(S)C1. The minimum Gasteiger partial charge on any atom is -0.392 e. The molecule has 0 aliphatic carbocycles. The molecule has 0 spiro atoms. The summed E-state index contributed by atoms with van der Waals surface area (Å²) in [4.78, 5) is 0. The third-order valence-corrected chi connectivity index (χ3v) is 2.12. The van der Waals surface area contributed by atoms with Crippen LogP contribution in [0.3, 0.4) is 0 Å². The molecule has 0 bridgehead atoms. The van der Waals surface area contributed by atoms with Crippen LogP contribution in [0.5, 0.6) is 0 Å². The van der Waals surface area contributed by atoms with Crippen molar-refractivity contribution in [3.63, 3.8) is 0 Å². The molecule has 0 aromatic rings. The van der Waals surface area contributed by atoms with Gasteiger partial charge in [-0.3, -0.25) is 4.31 Å². The Morgan fingerprint density at radius 1 is 1.60 bits per heavy atom. The van der Waals surface area contributed by atoms with Crippen molar-refractivity contribution in [1.29, 1.82) is 0 Å². The second-order valence-electron chi connectivity index (χ2n) is 3.87. The maximum absolute atomic E-state index is 9.32. The molecule has 1 aliphatic rings. The van der Waals surface area contributed by atoms with E-state index in [0.29, 0.717) is 6.54 Å². The molecule has 1 atom stereocenters. The second-order valence-corrected chi connectivity index (χ2v) is 4.43. The van der Waals surface area contributed by atoms with Crippen LogP contribution in [0.1, 0.15) is 20.3 Å². The van der Waals surface area contributed by atoms with Crippen LogP contribution in [0.4, 0.5) is 0 Å². The summed E-state index contributed by atoms with van der Waals surface area (Å²) < 4.78 is 1.88. The Morgan fingerprint density at radius 3 is 2.60 bits per heavy atom. The molecule has 1 aliphatic heterocycles. The second kappa shape index (κ2) is 2.72. The van der Waals surface area contributed by atoms with E-state index < -0.39 is 0 Å². The van der Waals surface area contributed by atoms with Crippen molar-refractivity contribution < 1.29 is 5.11 Å². The summed E-state index contributed by atoms with van der Waals surface area (Å²) in [6, 6.07) is 0. The van der Waals surface area contributed by atoms with E-state index in [4.69, 9.17) is 0 Å². The summed E-state index contributed by atoms with van der Waals surface area (Å²) in [6.45, 7) is 5.97. The van der Waals surface area contributed by atoms with Gasteiger partial charge in [-0.1, -0.05) is 26.7 Å². The third-order valence-electron chi connectivity index (χ3n) is 1.82. The molecular weight excluding hydrogens is 146 g/mol. The van der Waals surface area contributed by atoms with E-state index >= 15 is 0 Å². The molecule has 2 nitrogen and oxygen atoms in total. The molecule has 1 heterocycles. The Hall–Kier alpha value is 0.270. The van der Waals surface area contributed by atoms with Gasteiger partial charge in [-0.15, -0.1) is 0 Å². The Morgan fingerprint density at radius 2 is 2.20 bits per heavy atom. The summed E-state index contributed by atoms with van der Waals surface area (Å²) >= 11 is 4.21. The fourth-order valence-corrected chi connectivity index (χ4v) is 2.14. The van der Waals surface area contributed by atoms with Gasteiger partial charge in [-0.05, 0) is 11.8 Å². The molecule has 10 heavy (non-hydrogen) atoms. The molecule has 3 heteroatoms. The Labute approximate surface area is 67.8 Å². The van der Waals surface area contributed by atoms with E-state index in [1.807, 2.05) is 4.31 Å². The highest BCUT2D eigenvalue weighted by molar-refractivity contribution is 7.77. The largest absolute Gasteiger partial charge is 0.392 e. The smallest absolute Gasteiger partial charge is 0.0682 e. The molecule has 0 aromatic heterocycles. The van der Waals surface area contributed by atoms with Crippen LogP contribution >= 0.6 is 12.8 Å². The van der Waals surface area contributed by atoms with Crippen molar-refractivity contribution in [3.8, 4) is 0 Å². The Balaban J connectivity index is 2.51. The van der Waals surface area contributed by atoms with E-state index in [2.05, 4.69) is 26.7 Å². The first-order valence-electron chi connectivity index (χ1n) is 3.61. The van der Waals surface area contributed by atoms with Crippen LogP contribution in [0, 0.1) is 5.41 Å². The standard InChI is InChI=1S/C7H15NOS/c1-7(2)3-6(9)4-8(10)5-7/h6,9-10H,3-5H2,1-2H3/t6-/m0/s1. The van der Waals surface area contributed by atoms with Crippen LogP contribution in [0.2, 0.25) is 0 Å². The van der Waals surface area contributed by atoms with Crippen molar-refractivity contribution in [2.24, 2.45) is 5.41 Å². The predicted molar refractivity (Wildman–Crippen MR) is 45.0 cm³/mol. The Kier molecular flexibility index (Phi) is 2.28. The molecule has 0 radical (unpaired) electrons. The van der Waals surface area contributed by atoms with Gasteiger partial charge in [0.05, 0.1) is 6.10 Å². The van der Waals surface area contributed by atoms with Crippen LogP contribution in [-0.4, -0.2) is 28.6 Å². The minimum atomic E-state index is -0.193. The van der Waals surface area contributed by atoms with Gasteiger partial charge in [0.2, 0.25) is 0 Å². The zero-order valence-electron chi connectivity index (χ0n) is 6.54. The number of nitrogens with zero attached hydrogens (tertiary/aromatic N) is 1. The molecule has 1 N–H and O–H groups in total. The average Bonchev–Trinajstić information content (AvgIpc) is 1.54. The molecular formula is C7H15NOS. The van der Waals surface area contributed by atoms with E-state index in [0.717, 1.165) is 13.0 Å². The fraction of sp³-hybridized carbons (Fsp3) is 1.00. The van der Waals surface area contributed by atoms with Gasteiger partial charge in [-0.2, -0.15) is 0 Å². The first kappa shape index (κ1) is 8.37. The van der Waals surface area contributed by atoms with E-state index in [1.54, 1.807) is 0 Å². The third kappa shape index (κ3) is 2.15. The highest BCUT2D eigenvalue weighted by atomic mass is 32.1. The topological polar surface area (TPSA) is 23.5 Å². The fourth-order valence-electron chi connectivity index (χ4n) is 1.57. The van der Waals surface area contributed by atoms with Crippen molar-refractivity contribution in [1.82, 2.24) is 4.31 Å². The van der Waals surface area contributed by atoms with Crippen molar-refractivity contribution in [2.45, 2.75) is 26.4 Å². The zero-order valence-corrected chi connectivity index (χ0v) is 7.43. The maximum Gasteiger partial charge on any atom is 0.0682 e. The maximum atomic E-state index is 9.32. The average molecular weight is 161 g/mol. The summed E-state index contributed by atoms with van der Waals surface area (Å²) in [5, 5.41) is 9.32. The number of piperidine rings is 1. The molecule has 0 aromatic carbocycles. The number of hydrogen-bond donors (Lipinski definition) is 2. The Bertz CT molecular complexity index is 115. The van der Waals surface area contributed by atoms with Crippen molar-refractivity contribution >= 4 is 12.8 Å². The van der Waals surface area contributed by atoms with Crippen LogP contribution < -0.4 is 0 Å². The van der Waals surface area contributed by atoms with E-state index in [9.17, 15) is 5.11 Å². The number of β-amino-alcohol motifs (C(OH)–C–C–N with tert-alkyl or cyclic N) is 1. The van der Waals surface area contributed by atoms with Gasteiger partial charge in [0.25, 0.3) is 0 Å². The van der Waals surface area contributed by atoms with Gasteiger partial charge in [0.15, 0.2) is 0 Å². The number of thiol groups is 1. The van der Waals surface area contributed by atoms with E-state index in [1.165, 1.54) is 0 Å². The molecule has 1 fully saturated rings. The number of hydrogen-bond acceptors (Lipinski definition) is 3. The minimum absolute atomic E-state index is 0.193. The highest BCUT2D eigenvalue weighted by Crippen LogP contribution is 2.29. The lowest BCUT2D eigenvalue weighted by Crippen LogP contribution is -2.42. The van der Waals surface area contributed by atoms with Gasteiger partial charge >= 0.3 is 0 Å². The van der Waals surface area contributed by atoms with Gasteiger partial charge in [-0.25, -0.2) is 0 Å². The highest BCUT2D eigenvalue weighted by Gasteiger charge is 2.30. The first-order chi connectivity index (χ1) is 4.49. The monoisotopic (exact) mass is 161 g/mol. The molecule has 1 saturated heterocycles. The van der Waals surface area contributed by atoms with Gasteiger partial charge in [0.1, 0.15) is 0 Å². The number of aliphatic hydroxyl groups excluding tert-OH is 1. The van der Waals surface area contributed by atoms with Gasteiger partial charge in [0, 0.05) is 13.1 Å². The first-order valence-corrected chi connectivity index (χ1v) is 4.01. The van der Waals surface area contributed by atoms with Gasteiger partial charge < -0.3 is 5.11 Å². The molecule has 60 valence electrons. The summed E-state index contributed by atoms with van der Waals surface area (Å²) in [6.07, 6.45) is 0.700. The molecule has 1 rings (SSSR count). The summed E-state index contributed by atoms with van der Waals surface area (Å²) in [5.74, 6) is 0. The van der Waals surface area contributed by atoms with Crippen molar-refractivity contribution in [2.75, 3.05) is 13.1 Å². The molecule has 0 amide bonds. The zero-order chi connectivity index (χ0) is 7.78. The summed E-state index contributed by atoms with van der Waals surface area (Å²) in [7, 11) is 0. The lowest BCUT2D eigenvalue weighted by molar-refractivity contribution is 0.0473. The van der Waals surface area contributed by atoms with Crippen LogP contribution in [0.25, 0.3) is 0 Å². The predicted octanol–water partition coefficient (Wildman–Crippen LogP) is 0.924.